The first-order valence-corrected chi connectivity index (χ1v) is 9.71. The lowest BCUT2D eigenvalue weighted by molar-refractivity contribution is 0.0393. The summed E-state index contributed by atoms with van der Waals surface area (Å²) in [6.07, 6.45) is 1.03. The number of morpholine rings is 1. The fourth-order valence-corrected chi connectivity index (χ4v) is 4.28. The van der Waals surface area contributed by atoms with E-state index in [0.717, 1.165) is 6.26 Å². The van der Waals surface area contributed by atoms with Crippen molar-refractivity contribution in [1.82, 2.24) is 4.31 Å². The highest BCUT2D eigenvalue weighted by Gasteiger charge is 2.31. The lowest BCUT2D eigenvalue weighted by Crippen LogP contribution is -2.46. The first-order chi connectivity index (χ1) is 9.70. The molecule has 0 bridgehead atoms. The third-order valence-electron chi connectivity index (χ3n) is 3.07. The Morgan fingerprint density at radius 2 is 1.81 bits per heavy atom. The molecule has 1 atom stereocenters. The topological polar surface area (TPSA) is 92.8 Å². The third kappa shape index (κ3) is 3.94. The van der Waals surface area contributed by atoms with Gasteiger partial charge in [-0.25, -0.2) is 16.8 Å². The highest BCUT2D eigenvalue weighted by molar-refractivity contribution is 7.92. The van der Waals surface area contributed by atoms with Crippen molar-refractivity contribution in [3.63, 3.8) is 0 Å². The van der Waals surface area contributed by atoms with Gasteiger partial charge in [0, 0.05) is 18.3 Å². The van der Waals surface area contributed by atoms with E-state index in [1.165, 1.54) is 28.6 Å². The summed E-state index contributed by atoms with van der Waals surface area (Å²) in [4.78, 5) is 0.135. The molecular weight excluding hydrogens is 316 g/mol. The second-order valence-electron chi connectivity index (χ2n) is 4.94. The number of anilines is 1. The van der Waals surface area contributed by atoms with Crippen molar-refractivity contribution >= 4 is 25.7 Å². The molecule has 1 saturated heterocycles. The van der Waals surface area contributed by atoms with Crippen LogP contribution in [0.15, 0.2) is 29.2 Å². The second kappa shape index (κ2) is 5.91. The van der Waals surface area contributed by atoms with Gasteiger partial charge in [-0.3, -0.25) is 4.72 Å². The van der Waals surface area contributed by atoms with Crippen molar-refractivity contribution < 1.29 is 21.6 Å². The molecule has 21 heavy (non-hydrogen) atoms. The van der Waals surface area contributed by atoms with Crippen molar-refractivity contribution in [1.29, 1.82) is 0 Å². The molecule has 0 aliphatic carbocycles. The van der Waals surface area contributed by atoms with Crippen LogP contribution in [0.3, 0.4) is 0 Å². The standard InChI is InChI=1S/C12H18N2O5S2/c1-10-9-19-8-7-14(10)21(17,18)12-5-3-11(4-6-12)13-20(2,15)16/h3-6,10,13H,7-9H2,1-2H3. The number of nitrogens with one attached hydrogen (secondary N) is 1. The maximum atomic E-state index is 12.5. The first kappa shape index (κ1) is 16.2. The van der Waals surface area contributed by atoms with Crippen molar-refractivity contribution in [2.45, 2.75) is 17.9 Å². The predicted molar refractivity (Wildman–Crippen MR) is 79.1 cm³/mol. The van der Waals surface area contributed by atoms with Gasteiger partial charge < -0.3 is 4.74 Å². The number of benzene rings is 1. The summed E-state index contributed by atoms with van der Waals surface area (Å²) < 4.78 is 56.2. The molecule has 1 heterocycles. The molecule has 0 amide bonds. The van der Waals surface area contributed by atoms with Crippen LogP contribution in [0.2, 0.25) is 0 Å². The SMILES string of the molecule is CC1COCCN1S(=O)(=O)c1ccc(NS(C)(=O)=O)cc1. The molecule has 1 N–H and O–H groups in total. The predicted octanol–water partition coefficient (Wildman–Crippen LogP) is 0.468. The quantitative estimate of drug-likeness (QED) is 0.864. The summed E-state index contributed by atoms with van der Waals surface area (Å²) in [5.74, 6) is 0. The summed E-state index contributed by atoms with van der Waals surface area (Å²) in [5.41, 5.74) is 0.325. The second-order valence-corrected chi connectivity index (χ2v) is 8.58. The van der Waals surface area contributed by atoms with Crippen molar-refractivity contribution in [2.24, 2.45) is 0 Å². The lowest BCUT2D eigenvalue weighted by atomic mass is 10.3. The van der Waals surface area contributed by atoms with Gasteiger partial charge in [0.2, 0.25) is 20.0 Å². The number of hydrogen-bond donors (Lipinski definition) is 1. The molecule has 0 spiro atoms. The minimum atomic E-state index is -3.60. The molecule has 1 aromatic carbocycles. The van der Waals surface area contributed by atoms with Gasteiger partial charge in [0.05, 0.1) is 24.4 Å². The van der Waals surface area contributed by atoms with E-state index in [1.54, 1.807) is 6.92 Å². The van der Waals surface area contributed by atoms with Gasteiger partial charge in [-0.2, -0.15) is 4.31 Å². The van der Waals surface area contributed by atoms with E-state index in [2.05, 4.69) is 4.72 Å². The highest BCUT2D eigenvalue weighted by Crippen LogP contribution is 2.22. The van der Waals surface area contributed by atoms with E-state index in [4.69, 9.17) is 4.74 Å². The van der Waals surface area contributed by atoms with Crippen LogP contribution in [-0.2, 0) is 24.8 Å². The Hall–Kier alpha value is -1.16. The number of hydrogen-bond acceptors (Lipinski definition) is 5. The minimum absolute atomic E-state index is 0.135. The fourth-order valence-electron chi connectivity index (χ4n) is 2.11. The Balaban J connectivity index is 2.24. The number of rotatable bonds is 4. The largest absolute Gasteiger partial charge is 0.378 e. The summed E-state index contributed by atoms with van der Waals surface area (Å²) >= 11 is 0. The van der Waals surface area contributed by atoms with E-state index < -0.39 is 20.0 Å². The maximum Gasteiger partial charge on any atom is 0.243 e. The zero-order valence-electron chi connectivity index (χ0n) is 11.8. The number of nitrogens with zero attached hydrogens (tertiary/aromatic N) is 1. The lowest BCUT2D eigenvalue weighted by Gasteiger charge is -2.32. The molecule has 9 heteroatoms. The van der Waals surface area contributed by atoms with Gasteiger partial charge in [-0.1, -0.05) is 0 Å². The molecule has 1 aromatic rings. The molecule has 118 valence electrons. The van der Waals surface area contributed by atoms with Crippen LogP contribution < -0.4 is 4.72 Å². The molecule has 0 aromatic heterocycles. The number of ether oxygens (including phenoxy) is 1. The van der Waals surface area contributed by atoms with E-state index in [1.807, 2.05) is 0 Å². The molecule has 0 radical (unpaired) electrons. The Morgan fingerprint density at radius 3 is 2.33 bits per heavy atom. The third-order valence-corrected chi connectivity index (χ3v) is 5.71. The first-order valence-electron chi connectivity index (χ1n) is 6.37. The van der Waals surface area contributed by atoms with Crippen molar-refractivity contribution in [2.75, 3.05) is 30.7 Å². The Kier molecular flexibility index (Phi) is 4.57. The zero-order chi connectivity index (χ0) is 15.7. The van der Waals surface area contributed by atoms with Gasteiger partial charge in [-0.05, 0) is 31.2 Å². The Morgan fingerprint density at radius 1 is 1.19 bits per heavy atom. The van der Waals surface area contributed by atoms with Gasteiger partial charge in [0.25, 0.3) is 0 Å². The average molecular weight is 334 g/mol. The van der Waals surface area contributed by atoms with Gasteiger partial charge in [0.15, 0.2) is 0 Å². The molecule has 1 aliphatic rings. The Bertz CT molecular complexity index is 698. The summed E-state index contributed by atoms with van der Waals surface area (Å²) in [5, 5.41) is 0. The molecular formula is C12H18N2O5S2. The smallest absolute Gasteiger partial charge is 0.243 e. The zero-order valence-corrected chi connectivity index (χ0v) is 13.4. The van der Waals surface area contributed by atoms with E-state index in [9.17, 15) is 16.8 Å². The fraction of sp³-hybridized carbons (Fsp3) is 0.500. The van der Waals surface area contributed by atoms with E-state index in [0.29, 0.717) is 25.4 Å². The maximum absolute atomic E-state index is 12.5. The van der Waals surface area contributed by atoms with Gasteiger partial charge in [-0.15, -0.1) is 0 Å². The van der Waals surface area contributed by atoms with Crippen molar-refractivity contribution in [3.8, 4) is 0 Å². The molecule has 7 nitrogen and oxygen atoms in total. The van der Waals surface area contributed by atoms with Crippen LogP contribution in [0, 0.1) is 0 Å². The van der Waals surface area contributed by atoms with Crippen LogP contribution in [-0.4, -0.2) is 53.2 Å². The van der Waals surface area contributed by atoms with Gasteiger partial charge >= 0.3 is 0 Å². The van der Waals surface area contributed by atoms with Crippen LogP contribution >= 0.6 is 0 Å². The summed E-state index contributed by atoms with van der Waals surface area (Å²) in [7, 11) is -6.98. The number of sulfonamides is 2. The van der Waals surface area contributed by atoms with E-state index in [-0.39, 0.29) is 10.9 Å². The normalized spacial score (nSPS) is 21.1. The molecule has 1 unspecified atom stereocenters. The van der Waals surface area contributed by atoms with E-state index >= 15 is 0 Å². The van der Waals surface area contributed by atoms with Crippen LogP contribution in [0.5, 0.6) is 0 Å². The molecule has 1 aliphatic heterocycles. The van der Waals surface area contributed by atoms with Crippen LogP contribution in [0.25, 0.3) is 0 Å². The summed E-state index contributed by atoms with van der Waals surface area (Å²) in [6.45, 7) is 2.84. The summed E-state index contributed by atoms with van der Waals surface area (Å²) in [6, 6.07) is 5.42. The van der Waals surface area contributed by atoms with Crippen LogP contribution in [0.4, 0.5) is 5.69 Å². The monoisotopic (exact) mass is 334 g/mol. The average Bonchev–Trinajstić information content (AvgIpc) is 2.37. The van der Waals surface area contributed by atoms with Crippen molar-refractivity contribution in [3.05, 3.63) is 24.3 Å². The van der Waals surface area contributed by atoms with Gasteiger partial charge in [0.1, 0.15) is 0 Å². The molecule has 0 saturated carbocycles. The minimum Gasteiger partial charge on any atom is -0.378 e. The highest BCUT2D eigenvalue weighted by atomic mass is 32.2. The Labute approximate surface area is 125 Å². The van der Waals surface area contributed by atoms with Crippen LogP contribution in [0.1, 0.15) is 6.92 Å². The molecule has 2 rings (SSSR count). The molecule has 1 fully saturated rings.